The standard InChI is InChI=1S/C19H25O/c1-18-9-3-4-16(18)15-6-5-13-12-14(20)7-11-19(13,2)17(15)8-10-18/h7,9,11-12,15-17H,3-6,8,10H2,1-2H3/t15-,16-,17-,18-,19-/m0/s1. The van der Waals surface area contributed by atoms with Gasteiger partial charge < -0.3 is 0 Å². The summed E-state index contributed by atoms with van der Waals surface area (Å²) in [7, 11) is 0. The molecule has 4 rings (SSSR count). The number of fused-ring (bicyclic) bond motifs is 5. The molecule has 5 atom stereocenters. The molecule has 1 nitrogen and oxygen atoms in total. The van der Waals surface area contributed by atoms with Gasteiger partial charge in [0.05, 0.1) is 0 Å². The number of rotatable bonds is 0. The van der Waals surface area contributed by atoms with Crippen molar-refractivity contribution in [1.29, 1.82) is 0 Å². The lowest BCUT2D eigenvalue weighted by Gasteiger charge is -2.56. The Bertz CT molecular complexity index is 514. The lowest BCUT2D eigenvalue weighted by molar-refractivity contribution is -0.111. The summed E-state index contributed by atoms with van der Waals surface area (Å²) in [5.41, 5.74) is 2.09. The van der Waals surface area contributed by atoms with Crippen LogP contribution in [0.1, 0.15) is 52.4 Å². The van der Waals surface area contributed by atoms with E-state index in [0.717, 1.165) is 24.2 Å². The van der Waals surface area contributed by atoms with Crippen LogP contribution >= 0.6 is 0 Å². The van der Waals surface area contributed by atoms with Crippen molar-refractivity contribution in [3.05, 3.63) is 30.2 Å². The summed E-state index contributed by atoms with van der Waals surface area (Å²) in [6.07, 6.45) is 16.5. The number of hydrogen-bond donors (Lipinski definition) is 0. The molecule has 3 saturated carbocycles. The maximum atomic E-state index is 11.7. The van der Waals surface area contributed by atoms with Gasteiger partial charge in [-0.2, -0.15) is 0 Å². The predicted octanol–water partition coefficient (Wildman–Crippen LogP) is 4.50. The van der Waals surface area contributed by atoms with E-state index in [9.17, 15) is 4.79 Å². The zero-order valence-electron chi connectivity index (χ0n) is 12.7. The van der Waals surface area contributed by atoms with Crippen molar-refractivity contribution in [2.75, 3.05) is 0 Å². The first-order valence-electron chi connectivity index (χ1n) is 8.31. The highest BCUT2D eigenvalue weighted by atomic mass is 16.1. The number of carbonyl (C=O) groups is 1. The fourth-order valence-corrected chi connectivity index (χ4v) is 5.94. The molecule has 0 aromatic carbocycles. The van der Waals surface area contributed by atoms with Gasteiger partial charge in [-0.3, -0.25) is 4.79 Å². The molecule has 0 aromatic heterocycles. The number of carbonyl (C=O) groups excluding carboxylic acids is 1. The molecule has 107 valence electrons. The van der Waals surface area contributed by atoms with Crippen LogP contribution < -0.4 is 0 Å². The van der Waals surface area contributed by atoms with Crippen molar-refractivity contribution in [2.45, 2.75) is 52.4 Å². The second-order valence-corrected chi connectivity index (χ2v) is 7.93. The molecule has 4 aliphatic carbocycles. The Hall–Kier alpha value is -0.850. The first-order chi connectivity index (χ1) is 9.53. The maximum absolute atomic E-state index is 11.7. The Morgan fingerprint density at radius 1 is 1.15 bits per heavy atom. The highest BCUT2D eigenvalue weighted by molar-refractivity contribution is 6.01. The third-order valence-electron chi connectivity index (χ3n) is 7.08. The molecule has 0 aromatic rings. The average Bonchev–Trinajstić information content (AvgIpc) is 2.81. The fourth-order valence-electron chi connectivity index (χ4n) is 5.94. The van der Waals surface area contributed by atoms with Crippen molar-refractivity contribution in [3.63, 3.8) is 0 Å². The van der Waals surface area contributed by atoms with Crippen LogP contribution in [0.25, 0.3) is 0 Å². The zero-order valence-corrected chi connectivity index (χ0v) is 12.7. The molecule has 0 aliphatic heterocycles. The third kappa shape index (κ3) is 1.58. The quantitative estimate of drug-likeness (QED) is 0.633. The molecule has 1 radical (unpaired) electrons. The largest absolute Gasteiger partial charge is 0.290 e. The normalized spacial score (nSPS) is 50.2. The topological polar surface area (TPSA) is 17.1 Å². The van der Waals surface area contributed by atoms with E-state index in [1.54, 1.807) is 0 Å². The van der Waals surface area contributed by atoms with Gasteiger partial charge in [-0.1, -0.05) is 25.5 Å². The van der Waals surface area contributed by atoms with Gasteiger partial charge in [0.25, 0.3) is 0 Å². The molecule has 0 bridgehead atoms. The van der Waals surface area contributed by atoms with E-state index >= 15 is 0 Å². The summed E-state index contributed by atoms with van der Waals surface area (Å²) in [6.45, 7) is 4.88. The summed E-state index contributed by atoms with van der Waals surface area (Å²) in [4.78, 5) is 11.7. The lowest BCUT2D eigenvalue weighted by Crippen LogP contribution is -2.48. The zero-order chi connectivity index (χ0) is 14.0. The van der Waals surface area contributed by atoms with Gasteiger partial charge >= 0.3 is 0 Å². The van der Waals surface area contributed by atoms with E-state index in [1.165, 1.54) is 37.7 Å². The van der Waals surface area contributed by atoms with Crippen molar-refractivity contribution in [1.82, 2.24) is 0 Å². The SMILES string of the molecule is C[C@@]12[CH]CC[C@H]1[C@@H]1CCC3=CC(=O)C=C[C@]3(C)[C@H]1CC2. The third-order valence-corrected chi connectivity index (χ3v) is 7.08. The van der Waals surface area contributed by atoms with E-state index in [0.29, 0.717) is 5.41 Å². The van der Waals surface area contributed by atoms with Crippen LogP contribution in [0.2, 0.25) is 0 Å². The molecule has 0 heterocycles. The van der Waals surface area contributed by atoms with Crippen molar-refractivity contribution in [2.24, 2.45) is 28.6 Å². The van der Waals surface area contributed by atoms with Crippen molar-refractivity contribution in [3.8, 4) is 0 Å². The number of allylic oxidation sites excluding steroid dienone is 4. The predicted molar refractivity (Wildman–Crippen MR) is 80.9 cm³/mol. The van der Waals surface area contributed by atoms with Crippen molar-refractivity contribution >= 4 is 5.78 Å². The van der Waals surface area contributed by atoms with Crippen LogP contribution in [0, 0.1) is 35.0 Å². The van der Waals surface area contributed by atoms with Gasteiger partial charge in [-0.05, 0) is 80.3 Å². The van der Waals surface area contributed by atoms with Crippen LogP contribution in [-0.4, -0.2) is 5.78 Å². The molecule has 0 N–H and O–H groups in total. The van der Waals surface area contributed by atoms with Gasteiger partial charge in [-0.15, -0.1) is 0 Å². The molecule has 0 unspecified atom stereocenters. The summed E-state index contributed by atoms with van der Waals surface area (Å²) >= 11 is 0. The molecular formula is C19H25O. The lowest BCUT2D eigenvalue weighted by atomic mass is 9.48. The van der Waals surface area contributed by atoms with Gasteiger partial charge in [-0.25, -0.2) is 0 Å². The van der Waals surface area contributed by atoms with Crippen LogP contribution in [-0.2, 0) is 4.79 Å². The van der Waals surface area contributed by atoms with Crippen molar-refractivity contribution < 1.29 is 4.79 Å². The average molecular weight is 269 g/mol. The van der Waals surface area contributed by atoms with E-state index in [4.69, 9.17) is 0 Å². The highest BCUT2D eigenvalue weighted by Crippen LogP contribution is 2.64. The van der Waals surface area contributed by atoms with Gasteiger partial charge in [0.2, 0.25) is 0 Å². The van der Waals surface area contributed by atoms with Gasteiger partial charge in [0.15, 0.2) is 5.78 Å². The van der Waals surface area contributed by atoms with Crippen LogP contribution in [0.15, 0.2) is 23.8 Å². The minimum Gasteiger partial charge on any atom is -0.290 e. The Morgan fingerprint density at radius 3 is 2.85 bits per heavy atom. The van der Waals surface area contributed by atoms with E-state index in [1.807, 2.05) is 12.2 Å². The van der Waals surface area contributed by atoms with E-state index < -0.39 is 0 Å². The van der Waals surface area contributed by atoms with Gasteiger partial charge in [0, 0.05) is 5.41 Å². The minimum atomic E-state index is 0.167. The molecule has 0 saturated heterocycles. The number of ketones is 1. The van der Waals surface area contributed by atoms with Gasteiger partial charge in [0.1, 0.15) is 0 Å². The molecule has 4 aliphatic rings. The summed E-state index contributed by atoms with van der Waals surface area (Å²) < 4.78 is 0. The Balaban J connectivity index is 1.71. The second kappa shape index (κ2) is 4.08. The fraction of sp³-hybridized carbons (Fsp3) is 0.684. The number of hydrogen-bond acceptors (Lipinski definition) is 1. The summed E-state index contributed by atoms with van der Waals surface area (Å²) in [6, 6.07) is 0. The minimum absolute atomic E-state index is 0.167. The van der Waals surface area contributed by atoms with E-state index in [-0.39, 0.29) is 11.2 Å². The monoisotopic (exact) mass is 269 g/mol. The first-order valence-corrected chi connectivity index (χ1v) is 8.31. The molecular weight excluding hydrogens is 244 g/mol. The van der Waals surface area contributed by atoms with E-state index in [2.05, 4.69) is 26.3 Å². The molecule has 0 spiro atoms. The molecule has 3 fully saturated rings. The maximum Gasteiger partial charge on any atom is 0.178 e. The van der Waals surface area contributed by atoms with Crippen LogP contribution in [0.3, 0.4) is 0 Å². The Labute approximate surface area is 122 Å². The Morgan fingerprint density at radius 2 is 2.00 bits per heavy atom. The molecule has 1 heteroatoms. The second-order valence-electron chi connectivity index (χ2n) is 7.93. The first kappa shape index (κ1) is 12.9. The smallest absolute Gasteiger partial charge is 0.178 e. The highest BCUT2D eigenvalue weighted by Gasteiger charge is 2.55. The molecule has 20 heavy (non-hydrogen) atoms. The summed E-state index contributed by atoms with van der Waals surface area (Å²) in [5.74, 6) is 2.72. The molecule has 0 amide bonds. The Kier molecular flexibility index (Phi) is 2.63. The summed E-state index contributed by atoms with van der Waals surface area (Å²) in [5, 5.41) is 0. The van der Waals surface area contributed by atoms with Crippen LogP contribution in [0.5, 0.6) is 0 Å². The van der Waals surface area contributed by atoms with Crippen LogP contribution in [0.4, 0.5) is 0 Å².